The van der Waals surface area contributed by atoms with Crippen molar-refractivity contribution in [2.45, 2.75) is 13.2 Å². The Labute approximate surface area is 58.3 Å². The van der Waals surface area contributed by atoms with Crippen LogP contribution < -0.4 is 0 Å². The van der Waals surface area contributed by atoms with Crippen LogP contribution >= 0.6 is 0 Å². The minimum atomic E-state index is -0.0224. The molecule has 0 saturated carbocycles. The van der Waals surface area contributed by atoms with Crippen LogP contribution in [0.1, 0.15) is 5.56 Å². The third-order valence-electron chi connectivity index (χ3n) is 1.10. The van der Waals surface area contributed by atoms with E-state index in [4.69, 9.17) is 10.4 Å². The normalized spacial score (nSPS) is 9.20. The van der Waals surface area contributed by atoms with E-state index in [-0.39, 0.29) is 13.2 Å². The SMILES string of the molecule is N#CCn1cc(CO)cn1. The first-order chi connectivity index (χ1) is 4.86. The number of hydrogen-bond acceptors (Lipinski definition) is 3. The lowest BCUT2D eigenvalue weighted by atomic mass is 10.4. The van der Waals surface area contributed by atoms with E-state index < -0.39 is 0 Å². The van der Waals surface area contributed by atoms with Crippen molar-refractivity contribution in [3.05, 3.63) is 18.0 Å². The van der Waals surface area contributed by atoms with Crippen molar-refractivity contribution in [2.75, 3.05) is 0 Å². The number of rotatable bonds is 2. The van der Waals surface area contributed by atoms with Crippen molar-refractivity contribution in [3.8, 4) is 6.07 Å². The van der Waals surface area contributed by atoms with Crippen LogP contribution in [0.15, 0.2) is 12.4 Å². The van der Waals surface area contributed by atoms with E-state index in [0.29, 0.717) is 0 Å². The predicted octanol–water partition coefficient (Wildman–Crippen LogP) is -0.101. The summed E-state index contributed by atoms with van der Waals surface area (Å²) in [6.45, 7) is 0.214. The summed E-state index contributed by atoms with van der Waals surface area (Å²) in [5, 5.41) is 20.6. The summed E-state index contributed by atoms with van der Waals surface area (Å²) >= 11 is 0. The molecule has 0 unspecified atom stereocenters. The summed E-state index contributed by atoms with van der Waals surface area (Å²) in [5.41, 5.74) is 0.732. The zero-order valence-electron chi connectivity index (χ0n) is 5.36. The molecular weight excluding hydrogens is 130 g/mol. The second-order valence-corrected chi connectivity index (χ2v) is 1.86. The van der Waals surface area contributed by atoms with Crippen LogP contribution in [0, 0.1) is 11.3 Å². The topological polar surface area (TPSA) is 61.8 Å². The number of aromatic nitrogens is 2. The lowest BCUT2D eigenvalue weighted by molar-refractivity contribution is 0.281. The summed E-state index contributed by atoms with van der Waals surface area (Å²) in [6.07, 6.45) is 3.18. The van der Waals surface area contributed by atoms with Gasteiger partial charge in [0.05, 0.1) is 18.9 Å². The zero-order valence-corrected chi connectivity index (χ0v) is 5.36. The molecule has 1 rings (SSSR count). The molecule has 10 heavy (non-hydrogen) atoms. The van der Waals surface area contributed by atoms with Gasteiger partial charge in [-0.05, 0) is 0 Å². The summed E-state index contributed by atoms with van der Waals surface area (Å²) in [7, 11) is 0. The Hall–Kier alpha value is -1.34. The highest BCUT2D eigenvalue weighted by Gasteiger charge is 1.93. The molecular formula is C6H7N3O. The fourth-order valence-corrected chi connectivity index (χ4v) is 0.647. The maximum atomic E-state index is 8.58. The van der Waals surface area contributed by atoms with E-state index in [0.717, 1.165) is 5.56 Å². The Morgan fingerprint density at radius 1 is 1.80 bits per heavy atom. The number of aliphatic hydroxyl groups excluding tert-OH is 1. The van der Waals surface area contributed by atoms with Crippen molar-refractivity contribution in [1.82, 2.24) is 9.78 Å². The summed E-state index contributed by atoms with van der Waals surface area (Å²) in [5.74, 6) is 0. The van der Waals surface area contributed by atoms with Gasteiger partial charge in [0.2, 0.25) is 0 Å². The fraction of sp³-hybridized carbons (Fsp3) is 0.333. The summed E-state index contributed by atoms with van der Waals surface area (Å²) in [4.78, 5) is 0. The van der Waals surface area contributed by atoms with E-state index in [1.54, 1.807) is 6.20 Å². The highest BCUT2D eigenvalue weighted by atomic mass is 16.3. The molecule has 0 spiro atoms. The van der Waals surface area contributed by atoms with Gasteiger partial charge in [-0.15, -0.1) is 0 Å². The van der Waals surface area contributed by atoms with Gasteiger partial charge >= 0.3 is 0 Å². The van der Waals surface area contributed by atoms with Crippen LogP contribution in [0.2, 0.25) is 0 Å². The van der Waals surface area contributed by atoms with Gasteiger partial charge in [0.1, 0.15) is 6.54 Å². The molecule has 0 aromatic carbocycles. The van der Waals surface area contributed by atoms with Gasteiger partial charge in [0.15, 0.2) is 0 Å². The number of nitriles is 1. The average Bonchev–Trinajstić information content (AvgIpc) is 2.37. The van der Waals surface area contributed by atoms with Gasteiger partial charge in [-0.1, -0.05) is 0 Å². The quantitative estimate of drug-likeness (QED) is 0.619. The van der Waals surface area contributed by atoms with Gasteiger partial charge in [0, 0.05) is 11.8 Å². The second kappa shape index (κ2) is 2.99. The molecule has 0 amide bonds. The van der Waals surface area contributed by atoms with E-state index in [2.05, 4.69) is 5.10 Å². The van der Waals surface area contributed by atoms with Crippen LogP contribution in [-0.4, -0.2) is 14.9 Å². The minimum Gasteiger partial charge on any atom is -0.392 e. The zero-order chi connectivity index (χ0) is 7.40. The third-order valence-corrected chi connectivity index (χ3v) is 1.10. The molecule has 0 fully saturated rings. The van der Waals surface area contributed by atoms with E-state index >= 15 is 0 Å². The first-order valence-corrected chi connectivity index (χ1v) is 2.86. The van der Waals surface area contributed by atoms with Crippen molar-refractivity contribution in [1.29, 1.82) is 5.26 Å². The Bertz CT molecular complexity index is 248. The molecule has 0 atom stereocenters. The number of hydrogen-bond donors (Lipinski definition) is 1. The Kier molecular flexibility index (Phi) is 2.03. The predicted molar refractivity (Wildman–Crippen MR) is 33.8 cm³/mol. The van der Waals surface area contributed by atoms with Gasteiger partial charge in [-0.2, -0.15) is 10.4 Å². The molecule has 0 aliphatic heterocycles. The molecule has 1 aromatic rings. The molecule has 4 heteroatoms. The smallest absolute Gasteiger partial charge is 0.128 e. The van der Waals surface area contributed by atoms with Crippen LogP contribution in [0.3, 0.4) is 0 Å². The van der Waals surface area contributed by atoms with Crippen molar-refractivity contribution < 1.29 is 5.11 Å². The summed E-state index contributed by atoms with van der Waals surface area (Å²) < 4.78 is 1.48. The third kappa shape index (κ3) is 1.33. The molecule has 0 radical (unpaired) electrons. The first kappa shape index (κ1) is 6.78. The van der Waals surface area contributed by atoms with Crippen LogP contribution in [0.5, 0.6) is 0 Å². The average molecular weight is 137 g/mol. The van der Waals surface area contributed by atoms with Gasteiger partial charge in [0.25, 0.3) is 0 Å². The molecule has 4 nitrogen and oxygen atoms in total. The molecule has 0 aliphatic carbocycles. The molecule has 0 aliphatic rings. The van der Waals surface area contributed by atoms with Crippen LogP contribution in [-0.2, 0) is 13.2 Å². The van der Waals surface area contributed by atoms with E-state index in [1.165, 1.54) is 10.9 Å². The van der Waals surface area contributed by atoms with Crippen molar-refractivity contribution in [2.24, 2.45) is 0 Å². The molecule has 52 valence electrons. The highest BCUT2D eigenvalue weighted by Crippen LogP contribution is 1.95. The van der Waals surface area contributed by atoms with Crippen LogP contribution in [0.25, 0.3) is 0 Å². The van der Waals surface area contributed by atoms with Crippen LogP contribution in [0.4, 0.5) is 0 Å². The maximum absolute atomic E-state index is 8.58. The van der Waals surface area contributed by atoms with Gasteiger partial charge in [-0.25, -0.2) is 0 Å². The lowest BCUT2D eigenvalue weighted by Gasteiger charge is -1.87. The van der Waals surface area contributed by atoms with E-state index in [1.807, 2.05) is 6.07 Å². The fourth-order valence-electron chi connectivity index (χ4n) is 0.647. The van der Waals surface area contributed by atoms with Gasteiger partial charge in [-0.3, -0.25) is 4.68 Å². The molecule has 0 saturated heterocycles. The molecule has 0 bridgehead atoms. The summed E-state index contributed by atoms with van der Waals surface area (Å²) in [6, 6.07) is 1.94. The molecule has 1 aromatic heterocycles. The molecule has 1 N–H and O–H groups in total. The Morgan fingerprint density at radius 2 is 2.60 bits per heavy atom. The van der Waals surface area contributed by atoms with E-state index in [9.17, 15) is 0 Å². The molecule has 1 heterocycles. The van der Waals surface area contributed by atoms with Crippen molar-refractivity contribution in [3.63, 3.8) is 0 Å². The lowest BCUT2D eigenvalue weighted by Crippen LogP contribution is -1.94. The maximum Gasteiger partial charge on any atom is 0.128 e. The Morgan fingerprint density at radius 3 is 3.10 bits per heavy atom. The number of aliphatic hydroxyl groups is 1. The largest absolute Gasteiger partial charge is 0.392 e. The Balaban J connectivity index is 2.70. The monoisotopic (exact) mass is 137 g/mol. The van der Waals surface area contributed by atoms with Crippen molar-refractivity contribution >= 4 is 0 Å². The highest BCUT2D eigenvalue weighted by molar-refractivity contribution is 5.01. The van der Waals surface area contributed by atoms with Gasteiger partial charge < -0.3 is 5.11 Å². The standard InChI is InChI=1S/C6H7N3O/c7-1-2-9-4-6(5-10)3-8-9/h3-4,10H,2,5H2. The number of nitrogens with zero attached hydrogens (tertiary/aromatic N) is 3. The first-order valence-electron chi connectivity index (χ1n) is 2.86. The second-order valence-electron chi connectivity index (χ2n) is 1.86. The minimum absolute atomic E-state index is 0.0224.